The zero-order valence-electron chi connectivity index (χ0n) is 11.5. The lowest BCUT2D eigenvalue weighted by atomic mass is 9.88. The number of thiophene rings is 1. The molecule has 5 heteroatoms. The van der Waals surface area contributed by atoms with Crippen LogP contribution in [0.25, 0.3) is 0 Å². The monoisotopic (exact) mass is 278 g/mol. The molecule has 2 rings (SSSR count). The zero-order chi connectivity index (χ0) is 14.0. The Balaban J connectivity index is 2.14. The number of morpholine rings is 1. The lowest BCUT2D eigenvalue weighted by Gasteiger charge is -2.39. The molecule has 19 heavy (non-hydrogen) atoms. The van der Waals surface area contributed by atoms with Crippen molar-refractivity contribution in [1.29, 1.82) is 5.26 Å². The van der Waals surface area contributed by atoms with Crippen molar-refractivity contribution in [1.82, 2.24) is 4.90 Å². The largest absolute Gasteiger partial charge is 0.374 e. The summed E-state index contributed by atoms with van der Waals surface area (Å²) in [7, 11) is 0. The highest BCUT2D eigenvalue weighted by atomic mass is 32.1. The summed E-state index contributed by atoms with van der Waals surface area (Å²) in [6.07, 6.45) is 0.0365. The second kappa shape index (κ2) is 5.32. The minimum absolute atomic E-state index is 0.00561. The van der Waals surface area contributed by atoms with Gasteiger partial charge in [0, 0.05) is 23.8 Å². The van der Waals surface area contributed by atoms with Gasteiger partial charge in [-0.15, -0.1) is 0 Å². The summed E-state index contributed by atoms with van der Waals surface area (Å²) in [5, 5.41) is 12.5. The van der Waals surface area contributed by atoms with Gasteiger partial charge in [0.15, 0.2) is 0 Å². The van der Waals surface area contributed by atoms with Gasteiger partial charge in [0.2, 0.25) is 0 Å². The molecule has 0 spiro atoms. The summed E-state index contributed by atoms with van der Waals surface area (Å²) in [6.45, 7) is 8.06. The van der Waals surface area contributed by atoms with Crippen LogP contribution in [0.15, 0.2) is 10.8 Å². The highest BCUT2D eigenvalue weighted by Crippen LogP contribution is 2.26. The Morgan fingerprint density at radius 2 is 2.26 bits per heavy atom. The molecule has 0 aliphatic carbocycles. The zero-order valence-corrected chi connectivity index (χ0v) is 12.3. The van der Waals surface area contributed by atoms with E-state index in [4.69, 9.17) is 10.00 Å². The van der Waals surface area contributed by atoms with E-state index < -0.39 is 0 Å². The van der Waals surface area contributed by atoms with Crippen molar-refractivity contribution in [2.75, 3.05) is 19.7 Å². The van der Waals surface area contributed by atoms with Gasteiger partial charge in [0.05, 0.1) is 23.8 Å². The van der Waals surface area contributed by atoms with Gasteiger partial charge >= 0.3 is 0 Å². The first-order valence-corrected chi connectivity index (χ1v) is 7.25. The fourth-order valence-corrected chi connectivity index (χ4v) is 2.82. The van der Waals surface area contributed by atoms with Gasteiger partial charge in [0.1, 0.15) is 6.07 Å². The Morgan fingerprint density at radius 3 is 2.89 bits per heavy atom. The molecule has 1 aliphatic heterocycles. The molecule has 4 nitrogen and oxygen atoms in total. The molecular formula is C14H18N2O2S. The van der Waals surface area contributed by atoms with E-state index in [9.17, 15) is 4.79 Å². The molecule has 1 fully saturated rings. The molecular weight excluding hydrogens is 260 g/mol. The number of carbonyl (C=O) groups excluding carboxylic acids is 1. The van der Waals surface area contributed by atoms with E-state index in [1.807, 2.05) is 0 Å². The molecule has 0 N–H and O–H groups in total. The maximum atomic E-state index is 12.4. The third-order valence-corrected chi connectivity index (χ3v) is 4.08. The Kier molecular flexibility index (Phi) is 3.93. The van der Waals surface area contributed by atoms with Crippen molar-refractivity contribution in [3.8, 4) is 6.07 Å². The number of hydrogen-bond acceptors (Lipinski definition) is 4. The summed E-state index contributed by atoms with van der Waals surface area (Å²) >= 11 is 1.39. The third kappa shape index (κ3) is 2.96. The quantitative estimate of drug-likeness (QED) is 0.793. The number of nitriles is 1. The van der Waals surface area contributed by atoms with Gasteiger partial charge < -0.3 is 9.64 Å². The summed E-state index contributed by atoms with van der Waals surface area (Å²) < 4.78 is 5.74. The maximum Gasteiger partial charge on any atom is 0.256 e. The smallest absolute Gasteiger partial charge is 0.256 e. The number of hydrogen-bond donors (Lipinski definition) is 0. The maximum absolute atomic E-state index is 12.4. The summed E-state index contributed by atoms with van der Waals surface area (Å²) in [5.74, 6) is -0.0599. The van der Waals surface area contributed by atoms with Crippen molar-refractivity contribution < 1.29 is 9.53 Å². The molecule has 0 bridgehead atoms. The van der Waals surface area contributed by atoms with Gasteiger partial charge in [-0.1, -0.05) is 20.8 Å². The van der Waals surface area contributed by atoms with E-state index >= 15 is 0 Å². The van der Waals surface area contributed by atoms with Crippen LogP contribution >= 0.6 is 11.3 Å². The molecule has 1 aromatic heterocycles. The first kappa shape index (κ1) is 14.0. The van der Waals surface area contributed by atoms with Gasteiger partial charge in [-0.3, -0.25) is 4.79 Å². The molecule has 1 aliphatic rings. The lowest BCUT2D eigenvalue weighted by Crippen LogP contribution is -2.50. The number of ether oxygens (including phenoxy) is 1. The molecule has 1 aromatic rings. The van der Waals surface area contributed by atoms with Crippen LogP contribution in [0.5, 0.6) is 0 Å². The van der Waals surface area contributed by atoms with Crippen molar-refractivity contribution in [3.63, 3.8) is 0 Å². The van der Waals surface area contributed by atoms with Gasteiger partial charge in [0.25, 0.3) is 5.91 Å². The second-order valence-electron chi connectivity index (χ2n) is 5.79. The number of carbonyl (C=O) groups is 1. The molecule has 0 saturated carbocycles. The summed E-state index contributed by atoms with van der Waals surface area (Å²) in [5.41, 5.74) is 0.988. The molecule has 0 aromatic carbocycles. The van der Waals surface area contributed by atoms with Crippen LogP contribution in [-0.2, 0) is 4.74 Å². The lowest BCUT2D eigenvalue weighted by molar-refractivity contribution is -0.0706. The van der Waals surface area contributed by atoms with Crippen molar-refractivity contribution in [2.45, 2.75) is 26.9 Å². The van der Waals surface area contributed by atoms with Crippen LogP contribution in [0.3, 0.4) is 0 Å². The third-order valence-electron chi connectivity index (χ3n) is 3.33. The molecule has 0 unspecified atom stereocenters. The average molecular weight is 278 g/mol. The summed E-state index contributed by atoms with van der Waals surface area (Å²) in [4.78, 5) is 14.2. The fraction of sp³-hybridized carbons (Fsp3) is 0.571. The van der Waals surface area contributed by atoms with Gasteiger partial charge in [-0.05, 0) is 5.41 Å². The number of amides is 1. The van der Waals surface area contributed by atoms with Crippen LogP contribution in [0, 0.1) is 16.7 Å². The molecule has 1 amide bonds. The number of rotatable bonds is 1. The topological polar surface area (TPSA) is 53.3 Å². The van der Waals surface area contributed by atoms with Gasteiger partial charge in [-0.2, -0.15) is 16.6 Å². The van der Waals surface area contributed by atoms with Crippen molar-refractivity contribution in [3.05, 3.63) is 21.9 Å². The Morgan fingerprint density at radius 1 is 1.53 bits per heavy atom. The highest BCUT2D eigenvalue weighted by molar-refractivity contribution is 7.08. The van der Waals surface area contributed by atoms with E-state index in [1.54, 1.807) is 15.7 Å². The summed E-state index contributed by atoms with van der Waals surface area (Å²) in [6, 6.07) is 2.07. The molecule has 102 valence electrons. The Hall–Kier alpha value is -1.38. The SMILES string of the molecule is CC(C)(C)[C@H]1CN(C(=O)c2cscc2C#N)CCO1. The Labute approximate surface area is 117 Å². The second-order valence-corrected chi connectivity index (χ2v) is 6.53. The number of nitrogens with zero attached hydrogens (tertiary/aromatic N) is 2. The minimum atomic E-state index is -0.0599. The molecule has 0 radical (unpaired) electrons. The standard InChI is InChI=1S/C14H18N2O2S/c1-14(2,3)12-7-16(4-5-18-12)13(17)11-9-19-8-10(11)6-15/h8-9,12H,4-5,7H2,1-3H3/t12-/m1/s1. The average Bonchev–Trinajstić information content (AvgIpc) is 2.85. The van der Waals surface area contributed by atoms with Crippen LogP contribution in [0.1, 0.15) is 36.7 Å². The minimum Gasteiger partial charge on any atom is -0.374 e. The van der Waals surface area contributed by atoms with E-state index in [1.165, 1.54) is 11.3 Å². The van der Waals surface area contributed by atoms with Crippen LogP contribution < -0.4 is 0 Å². The molecule has 2 heterocycles. The van der Waals surface area contributed by atoms with E-state index in [2.05, 4.69) is 26.8 Å². The predicted octanol–water partition coefficient (Wildman–Crippen LogP) is 2.51. The van der Waals surface area contributed by atoms with Crippen LogP contribution in [0.4, 0.5) is 0 Å². The molecule has 1 saturated heterocycles. The van der Waals surface area contributed by atoms with Crippen LogP contribution in [0.2, 0.25) is 0 Å². The Bertz CT molecular complexity index is 510. The first-order chi connectivity index (χ1) is 8.93. The van der Waals surface area contributed by atoms with E-state index in [0.717, 1.165) is 0 Å². The van der Waals surface area contributed by atoms with E-state index in [-0.39, 0.29) is 17.4 Å². The normalized spacial score (nSPS) is 20.1. The van der Waals surface area contributed by atoms with Crippen molar-refractivity contribution in [2.24, 2.45) is 5.41 Å². The molecule has 1 atom stereocenters. The predicted molar refractivity (Wildman–Crippen MR) is 74.1 cm³/mol. The van der Waals surface area contributed by atoms with E-state index in [0.29, 0.717) is 30.8 Å². The fourth-order valence-electron chi connectivity index (χ4n) is 2.08. The van der Waals surface area contributed by atoms with Crippen LogP contribution in [-0.4, -0.2) is 36.6 Å². The highest BCUT2D eigenvalue weighted by Gasteiger charge is 2.33. The van der Waals surface area contributed by atoms with Crippen molar-refractivity contribution >= 4 is 17.2 Å². The van der Waals surface area contributed by atoms with Gasteiger partial charge in [-0.25, -0.2) is 0 Å². The first-order valence-electron chi connectivity index (χ1n) is 6.30.